The Balaban J connectivity index is 3.07. The zero-order chi connectivity index (χ0) is 20.0. The maximum absolute atomic E-state index is 13.1. The number of carbonyl (C=O) groups excluding carboxylic acids is 2. The zero-order valence-electron chi connectivity index (χ0n) is 18.2. The fourth-order valence-electron chi connectivity index (χ4n) is 3.20. The van der Waals surface area contributed by atoms with Gasteiger partial charge in [-0.05, 0) is 30.1 Å². The first-order valence-corrected chi connectivity index (χ1v) is 15.3. The Hall–Kier alpha value is -0.466. The van der Waals surface area contributed by atoms with Crippen molar-refractivity contribution in [3.8, 4) is 0 Å². The fraction of sp³-hybridized carbons (Fsp3) is 0.895. The number of β-lactam (4-membered cyclic amide) rings is 1. The van der Waals surface area contributed by atoms with Gasteiger partial charge >= 0.3 is 0 Å². The summed E-state index contributed by atoms with van der Waals surface area (Å²) in [6.45, 7) is 24.1. The molecular formula is C19H39NO3Si2. The summed E-state index contributed by atoms with van der Waals surface area (Å²) in [5, 5.41) is 0.172. The highest BCUT2D eigenvalue weighted by molar-refractivity contribution is 6.80. The first-order chi connectivity index (χ1) is 11.0. The van der Waals surface area contributed by atoms with E-state index in [0.29, 0.717) is 6.42 Å². The second kappa shape index (κ2) is 6.93. The molecule has 0 N–H and O–H groups in total. The minimum Gasteiger partial charge on any atom is -0.413 e. The van der Waals surface area contributed by atoms with Crippen molar-refractivity contribution in [3.05, 3.63) is 0 Å². The normalized spacial score (nSPS) is 24.1. The molecule has 0 radical (unpaired) electrons. The van der Waals surface area contributed by atoms with Crippen LogP contribution >= 0.6 is 0 Å². The molecule has 146 valence electrons. The molecule has 0 bridgehead atoms. The number of hydrogen-bond donors (Lipinski definition) is 0. The first-order valence-electron chi connectivity index (χ1n) is 9.43. The average Bonchev–Trinajstić information content (AvgIpc) is 2.34. The van der Waals surface area contributed by atoms with E-state index in [1.165, 1.54) is 0 Å². The van der Waals surface area contributed by atoms with Crippen LogP contribution in [0.3, 0.4) is 0 Å². The van der Waals surface area contributed by atoms with Gasteiger partial charge in [0.05, 0.1) is 12.0 Å². The largest absolute Gasteiger partial charge is 0.413 e. The predicted octanol–water partition coefficient (Wildman–Crippen LogP) is 4.82. The van der Waals surface area contributed by atoms with Crippen LogP contribution in [0.2, 0.25) is 36.3 Å². The molecule has 3 atom stereocenters. The van der Waals surface area contributed by atoms with E-state index in [-0.39, 0.29) is 34.0 Å². The van der Waals surface area contributed by atoms with Crippen molar-refractivity contribution in [1.82, 2.24) is 4.57 Å². The molecule has 1 aliphatic rings. The van der Waals surface area contributed by atoms with E-state index in [1.807, 2.05) is 6.92 Å². The molecule has 0 spiro atoms. The summed E-state index contributed by atoms with van der Waals surface area (Å²) >= 11 is 0. The van der Waals surface area contributed by atoms with Gasteiger partial charge in [0.1, 0.15) is 6.29 Å². The van der Waals surface area contributed by atoms with Gasteiger partial charge in [0.25, 0.3) is 0 Å². The number of hydrogen-bond acceptors (Lipinski definition) is 3. The Morgan fingerprint density at radius 2 is 1.56 bits per heavy atom. The number of aldehydes is 1. The number of rotatable bonds is 6. The van der Waals surface area contributed by atoms with Gasteiger partial charge in [0.15, 0.2) is 16.6 Å². The van der Waals surface area contributed by atoms with Crippen LogP contribution in [-0.4, -0.2) is 45.5 Å². The van der Waals surface area contributed by atoms with Crippen LogP contribution in [-0.2, 0) is 14.0 Å². The van der Waals surface area contributed by atoms with Crippen molar-refractivity contribution in [3.63, 3.8) is 0 Å². The molecule has 1 heterocycles. The van der Waals surface area contributed by atoms with Crippen molar-refractivity contribution in [2.24, 2.45) is 5.92 Å². The molecule has 0 aromatic carbocycles. The molecule has 0 aromatic rings. The molecule has 0 saturated carbocycles. The Labute approximate surface area is 156 Å². The van der Waals surface area contributed by atoms with Gasteiger partial charge < -0.3 is 13.8 Å². The highest BCUT2D eigenvalue weighted by Crippen LogP contribution is 2.47. The van der Waals surface area contributed by atoms with E-state index in [4.69, 9.17) is 4.43 Å². The minimum atomic E-state index is -1.99. The highest BCUT2D eigenvalue weighted by Gasteiger charge is 2.59. The van der Waals surface area contributed by atoms with Gasteiger partial charge in [-0.3, -0.25) is 4.79 Å². The van der Waals surface area contributed by atoms with Crippen LogP contribution in [0.5, 0.6) is 0 Å². The van der Waals surface area contributed by atoms with Gasteiger partial charge in [-0.15, -0.1) is 0 Å². The van der Waals surface area contributed by atoms with Gasteiger partial charge in [0.2, 0.25) is 5.91 Å². The lowest BCUT2D eigenvalue weighted by atomic mass is 9.84. The quantitative estimate of drug-likeness (QED) is 0.374. The van der Waals surface area contributed by atoms with E-state index in [9.17, 15) is 9.59 Å². The molecule has 0 aromatic heterocycles. The zero-order valence-corrected chi connectivity index (χ0v) is 20.2. The Morgan fingerprint density at radius 1 is 1.08 bits per heavy atom. The van der Waals surface area contributed by atoms with Crippen LogP contribution in [0.25, 0.3) is 0 Å². The third-order valence-electron chi connectivity index (χ3n) is 6.84. The van der Waals surface area contributed by atoms with Crippen LogP contribution in [0.4, 0.5) is 0 Å². The first kappa shape index (κ1) is 22.6. The summed E-state index contributed by atoms with van der Waals surface area (Å²) in [5.74, 6) is -0.00176. The van der Waals surface area contributed by atoms with E-state index in [0.717, 1.165) is 6.29 Å². The second-order valence-corrected chi connectivity index (χ2v) is 20.5. The molecule has 0 unspecified atom stereocenters. The summed E-state index contributed by atoms with van der Waals surface area (Å²) < 4.78 is 8.56. The topological polar surface area (TPSA) is 46.6 Å². The van der Waals surface area contributed by atoms with Gasteiger partial charge in [-0.25, -0.2) is 0 Å². The predicted molar refractivity (Wildman–Crippen MR) is 110 cm³/mol. The van der Waals surface area contributed by atoms with Gasteiger partial charge in [0, 0.05) is 12.5 Å². The molecule has 1 aliphatic heterocycles. The molecule has 4 nitrogen and oxygen atoms in total. The summed E-state index contributed by atoms with van der Waals surface area (Å²) in [4.78, 5) is 24.4. The third-order valence-corrected chi connectivity index (χ3v) is 16.8. The lowest BCUT2D eigenvalue weighted by molar-refractivity contribution is -0.154. The van der Waals surface area contributed by atoms with Crippen molar-refractivity contribution in [1.29, 1.82) is 0 Å². The number of amides is 1. The molecule has 25 heavy (non-hydrogen) atoms. The number of nitrogens with zero attached hydrogens (tertiary/aromatic N) is 1. The standard InChI is InChI=1S/C19H39NO3Si2/c1-14(23-25(10,11)19(5,6)7)16-15(12-13-21)20(17(16)22)24(8,9)18(2,3)4/h13-16H,12H2,1-11H3/t14-,15-,16+/m1/s1. The summed E-state index contributed by atoms with van der Waals surface area (Å²) in [7, 11) is -3.93. The van der Waals surface area contributed by atoms with E-state index < -0.39 is 16.6 Å². The molecular weight excluding hydrogens is 346 g/mol. The fourth-order valence-corrected chi connectivity index (χ4v) is 7.15. The van der Waals surface area contributed by atoms with Gasteiger partial charge in [-0.2, -0.15) is 0 Å². The van der Waals surface area contributed by atoms with Crippen molar-refractivity contribution >= 4 is 28.7 Å². The van der Waals surface area contributed by atoms with E-state index in [1.54, 1.807) is 0 Å². The Bertz CT molecular complexity index is 518. The van der Waals surface area contributed by atoms with Crippen molar-refractivity contribution in [2.75, 3.05) is 0 Å². The second-order valence-electron chi connectivity index (χ2n) is 10.6. The Kier molecular flexibility index (Phi) is 6.26. The molecule has 1 fully saturated rings. The van der Waals surface area contributed by atoms with E-state index in [2.05, 4.69) is 72.3 Å². The SMILES string of the molecule is C[C@@H](O[Si](C)(C)C(C)(C)C)[C@@H]1C(=O)N([Si](C)(C)C(C)(C)C)[C@@H]1CC=O. The van der Waals surface area contributed by atoms with Crippen molar-refractivity contribution in [2.45, 2.75) is 103 Å². The Morgan fingerprint density at radius 3 is 1.92 bits per heavy atom. The lowest BCUT2D eigenvalue weighted by Crippen LogP contribution is -2.75. The smallest absolute Gasteiger partial charge is 0.222 e. The minimum absolute atomic E-state index is 0.00865. The molecule has 1 rings (SSSR count). The average molecular weight is 386 g/mol. The molecule has 6 heteroatoms. The number of carbonyl (C=O) groups is 2. The molecule has 1 amide bonds. The van der Waals surface area contributed by atoms with Crippen LogP contribution < -0.4 is 0 Å². The summed E-state index contributed by atoms with van der Waals surface area (Å²) in [5.41, 5.74) is 0. The van der Waals surface area contributed by atoms with Crippen molar-refractivity contribution < 1.29 is 14.0 Å². The maximum Gasteiger partial charge on any atom is 0.222 e. The van der Waals surface area contributed by atoms with Gasteiger partial charge in [-0.1, -0.05) is 54.6 Å². The lowest BCUT2D eigenvalue weighted by Gasteiger charge is -2.60. The third kappa shape index (κ3) is 4.11. The van der Waals surface area contributed by atoms with E-state index >= 15 is 0 Å². The van der Waals surface area contributed by atoms with Crippen LogP contribution in [0.1, 0.15) is 54.9 Å². The highest BCUT2D eigenvalue weighted by atomic mass is 28.4. The molecule has 1 saturated heterocycles. The molecule has 0 aliphatic carbocycles. The monoisotopic (exact) mass is 385 g/mol. The summed E-state index contributed by atoms with van der Waals surface area (Å²) in [6.07, 6.45) is 1.23. The summed E-state index contributed by atoms with van der Waals surface area (Å²) in [6, 6.07) is -0.00865. The van der Waals surface area contributed by atoms with Crippen LogP contribution in [0.15, 0.2) is 0 Å². The maximum atomic E-state index is 13.1. The van der Waals surface area contributed by atoms with Crippen LogP contribution in [0, 0.1) is 5.92 Å².